The van der Waals surface area contributed by atoms with Crippen molar-refractivity contribution in [2.24, 2.45) is 5.73 Å². The third kappa shape index (κ3) is 2.45. The van der Waals surface area contributed by atoms with Gasteiger partial charge >= 0.3 is 0 Å². The molecule has 1 aliphatic rings. The monoisotopic (exact) mass is 237 g/mol. The molecule has 1 aromatic heterocycles. The molecule has 0 amide bonds. The summed E-state index contributed by atoms with van der Waals surface area (Å²) in [6, 6.07) is 1.74. The number of nitrogens with two attached hydrogens (primary N) is 1. The lowest BCUT2D eigenvalue weighted by atomic mass is 10.3. The normalized spacial score (nSPS) is 17.4. The number of nitrogens with zero attached hydrogens (tertiary/aromatic N) is 4. The molecule has 16 heavy (non-hydrogen) atoms. The van der Waals surface area contributed by atoms with Gasteiger partial charge in [-0.15, -0.1) is 0 Å². The molecule has 0 saturated carbocycles. The first-order chi connectivity index (χ1) is 7.66. The van der Waals surface area contributed by atoms with E-state index in [-0.39, 0.29) is 0 Å². The van der Waals surface area contributed by atoms with Gasteiger partial charge in [0.25, 0.3) is 0 Å². The van der Waals surface area contributed by atoms with E-state index in [1.54, 1.807) is 12.3 Å². The third-order valence-corrected chi connectivity index (χ3v) is 2.89. The molecule has 2 heterocycles. The zero-order valence-electron chi connectivity index (χ0n) is 9.26. The van der Waals surface area contributed by atoms with Crippen molar-refractivity contribution in [2.75, 3.05) is 38.1 Å². The molecule has 0 aliphatic carbocycles. The molecule has 2 rings (SSSR count). The molecule has 2 N–H and O–H groups in total. The number of likely N-dealkylation sites (N-methyl/N-ethyl adjacent to an activating group) is 1. The van der Waals surface area contributed by atoms with E-state index in [0.29, 0.717) is 10.7 Å². The molecule has 0 atom stereocenters. The molecule has 0 bridgehead atoms. The topological polar surface area (TPSA) is 58.3 Å². The number of aromatic nitrogens is 2. The van der Waals surface area contributed by atoms with Crippen LogP contribution < -0.4 is 10.6 Å². The largest absolute Gasteiger partial charge is 0.388 e. The maximum atomic E-state index is 5.55. The Morgan fingerprint density at radius 1 is 1.38 bits per heavy atom. The predicted molar refractivity (Wildman–Crippen MR) is 67.6 cm³/mol. The van der Waals surface area contributed by atoms with Crippen LogP contribution in [0.2, 0.25) is 0 Å². The fraction of sp³-hybridized carbons (Fsp3) is 0.500. The van der Waals surface area contributed by atoms with Gasteiger partial charge < -0.3 is 15.5 Å². The van der Waals surface area contributed by atoms with E-state index in [1.807, 2.05) is 0 Å². The summed E-state index contributed by atoms with van der Waals surface area (Å²) in [7, 11) is 2.11. The molecule has 0 aromatic carbocycles. The van der Waals surface area contributed by atoms with Crippen LogP contribution in [0.15, 0.2) is 12.3 Å². The molecule has 1 fully saturated rings. The Morgan fingerprint density at radius 3 is 2.69 bits per heavy atom. The molecular weight excluding hydrogens is 222 g/mol. The van der Waals surface area contributed by atoms with Crippen LogP contribution in [0.3, 0.4) is 0 Å². The average molecular weight is 237 g/mol. The molecule has 5 nitrogen and oxygen atoms in total. The summed E-state index contributed by atoms with van der Waals surface area (Å²) in [4.78, 5) is 13.4. The van der Waals surface area contributed by atoms with E-state index in [0.717, 1.165) is 32.1 Å². The van der Waals surface area contributed by atoms with E-state index < -0.39 is 0 Å². The van der Waals surface area contributed by atoms with Crippen LogP contribution in [0.5, 0.6) is 0 Å². The number of anilines is 1. The lowest BCUT2D eigenvalue weighted by molar-refractivity contribution is 0.311. The Bertz CT molecular complexity index is 387. The zero-order chi connectivity index (χ0) is 11.5. The minimum absolute atomic E-state index is 0.317. The highest BCUT2D eigenvalue weighted by Gasteiger charge is 2.16. The number of piperazine rings is 1. The summed E-state index contributed by atoms with van der Waals surface area (Å²) in [5.41, 5.74) is 6.19. The van der Waals surface area contributed by atoms with Crippen molar-refractivity contribution in [2.45, 2.75) is 0 Å². The van der Waals surface area contributed by atoms with Gasteiger partial charge in [-0.25, -0.2) is 9.97 Å². The van der Waals surface area contributed by atoms with Crippen LogP contribution in [0.25, 0.3) is 0 Å². The average Bonchev–Trinajstić information content (AvgIpc) is 2.30. The highest BCUT2D eigenvalue weighted by molar-refractivity contribution is 7.80. The quantitative estimate of drug-likeness (QED) is 0.723. The van der Waals surface area contributed by atoms with E-state index in [2.05, 4.69) is 26.8 Å². The Labute approximate surface area is 100 Å². The van der Waals surface area contributed by atoms with Gasteiger partial charge in [-0.05, 0) is 13.1 Å². The van der Waals surface area contributed by atoms with E-state index in [4.69, 9.17) is 18.0 Å². The summed E-state index contributed by atoms with van der Waals surface area (Å²) in [5.74, 6) is 0.721. The highest BCUT2D eigenvalue weighted by atomic mass is 32.1. The number of hydrogen-bond donors (Lipinski definition) is 1. The summed E-state index contributed by atoms with van der Waals surface area (Å²) in [6.45, 7) is 3.94. The van der Waals surface area contributed by atoms with Crippen LogP contribution in [0.1, 0.15) is 5.69 Å². The summed E-state index contributed by atoms with van der Waals surface area (Å²) >= 11 is 4.90. The fourth-order valence-corrected chi connectivity index (χ4v) is 1.76. The molecule has 1 saturated heterocycles. The Hall–Kier alpha value is -1.27. The highest BCUT2D eigenvalue weighted by Crippen LogP contribution is 2.10. The maximum absolute atomic E-state index is 5.55. The Morgan fingerprint density at radius 2 is 2.06 bits per heavy atom. The van der Waals surface area contributed by atoms with Crippen LogP contribution >= 0.6 is 12.2 Å². The van der Waals surface area contributed by atoms with Crippen molar-refractivity contribution in [3.63, 3.8) is 0 Å². The SMILES string of the molecule is CN1CCN(c2nccc(C(N)=S)n2)CC1. The second-order valence-electron chi connectivity index (χ2n) is 3.90. The molecule has 6 heteroatoms. The summed E-state index contributed by atoms with van der Waals surface area (Å²) in [6.07, 6.45) is 1.70. The van der Waals surface area contributed by atoms with Gasteiger partial charge in [-0.2, -0.15) is 0 Å². The Balaban J connectivity index is 2.14. The molecule has 1 aliphatic heterocycles. The van der Waals surface area contributed by atoms with Crippen molar-refractivity contribution in [1.29, 1.82) is 0 Å². The van der Waals surface area contributed by atoms with Gasteiger partial charge in [0.05, 0.1) is 0 Å². The molecule has 0 spiro atoms. The molecular formula is C10H15N5S. The third-order valence-electron chi connectivity index (χ3n) is 2.68. The van der Waals surface area contributed by atoms with Crippen molar-refractivity contribution in [3.05, 3.63) is 18.0 Å². The van der Waals surface area contributed by atoms with Crippen LogP contribution in [0, 0.1) is 0 Å². The van der Waals surface area contributed by atoms with Gasteiger partial charge in [0.15, 0.2) is 0 Å². The first kappa shape index (κ1) is 11.2. The van der Waals surface area contributed by atoms with Gasteiger partial charge in [0, 0.05) is 32.4 Å². The van der Waals surface area contributed by atoms with Crippen LogP contribution in [0.4, 0.5) is 5.95 Å². The van der Waals surface area contributed by atoms with Crippen molar-refractivity contribution in [3.8, 4) is 0 Å². The van der Waals surface area contributed by atoms with E-state index in [9.17, 15) is 0 Å². The van der Waals surface area contributed by atoms with E-state index >= 15 is 0 Å². The lowest BCUT2D eigenvalue weighted by Gasteiger charge is -2.32. The summed E-state index contributed by atoms with van der Waals surface area (Å²) < 4.78 is 0. The Kier molecular flexibility index (Phi) is 3.31. The molecule has 0 unspecified atom stereocenters. The first-order valence-electron chi connectivity index (χ1n) is 5.23. The number of thiocarbonyl (C=S) groups is 1. The standard InChI is InChI=1S/C10H15N5S/c1-14-4-6-15(7-5-14)10-12-3-2-8(13-10)9(11)16/h2-3H,4-7H2,1H3,(H2,11,16). The van der Waals surface area contributed by atoms with Gasteiger partial charge in [0.1, 0.15) is 10.7 Å². The van der Waals surface area contributed by atoms with Crippen molar-refractivity contribution < 1.29 is 0 Å². The molecule has 86 valence electrons. The molecule has 0 radical (unpaired) electrons. The van der Waals surface area contributed by atoms with Crippen molar-refractivity contribution in [1.82, 2.24) is 14.9 Å². The zero-order valence-corrected chi connectivity index (χ0v) is 10.1. The van der Waals surface area contributed by atoms with Crippen LogP contribution in [-0.2, 0) is 0 Å². The van der Waals surface area contributed by atoms with Gasteiger partial charge in [0.2, 0.25) is 5.95 Å². The second-order valence-corrected chi connectivity index (χ2v) is 4.34. The van der Waals surface area contributed by atoms with Gasteiger partial charge in [-0.1, -0.05) is 12.2 Å². The fourth-order valence-electron chi connectivity index (χ4n) is 1.64. The van der Waals surface area contributed by atoms with Gasteiger partial charge in [-0.3, -0.25) is 0 Å². The molecule has 1 aromatic rings. The van der Waals surface area contributed by atoms with E-state index in [1.165, 1.54) is 0 Å². The number of rotatable bonds is 2. The summed E-state index contributed by atoms with van der Waals surface area (Å²) in [5, 5.41) is 0. The smallest absolute Gasteiger partial charge is 0.226 e. The number of hydrogen-bond acceptors (Lipinski definition) is 5. The minimum atomic E-state index is 0.317. The minimum Gasteiger partial charge on any atom is -0.388 e. The first-order valence-corrected chi connectivity index (χ1v) is 5.64. The predicted octanol–water partition coefficient (Wildman–Crippen LogP) is -0.137. The van der Waals surface area contributed by atoms with Crippen molar-refractivity contribution >= 4 is 23.2 Å². The lowest BCUT2D eigenvalue weighted by Crippen LogP contribution is -2.45. The second kappa shape index (κ2) is 4.71. The maximum Gasteiger partial charge on any atom is 0.226 e. The van der Waals surface area contributed by atoms with Crippen LogP contribution in [-0.4, -0.2) is 53.1 Å².